The van der Waals surface area contributed by atoms with Crippen molar-refractivity contribution < 1.29 is 112 Å². The molecule has 0 saturated heterocycles. The van der Waals surface area contributed by atoms with Gasteiger partial charge in [-0.05, 0) is 13.1 Å². The molecule has 0 bridgehead atoms. The number of hydrogen-bond donors (Lipinski definition) is 6. The van der Waals surface area contributed by atoms with Gasteiger partial charge >= 0.3 is 0 Å². The minimum atomic E-state index is -5.36. The fraction of sp³-hybridized carbons (Fsp3) is 0.725. The molecule has 0 aliphatic heterocycles. The molecule has 36 nitrogen and oxygen atoms in total. The molecule has 4 unspecified atom stereocenters. The van der Waals surface area contributed by atoms with Crippen LogP contribution in [0.3, 0.4) is 0 Å². The van der Waals surface area contributed by atoms with E-state index < -0.39 is 215 Å². The van der Waals surface area contributed by atoms with Gasteiger partial charge in [-0.1, -0.05) is 29.0 Å². The molecule has 0 fully saturated rings. The number of carboxylic acid groups (broad SMARTS) is 6. The molecule has 38 heteroatoms. The third-order valence-corrected chi connectivity index (χ3v) is 12.4. The summed E-state index contributed by atoms with van der Waals surface area (Å²) in [7, 11) is -10.7. The number of hydrogen-bond acceptors (Lipinski definition) is 30. The first-order valence-electron chi connectivity index (χ1n) is 23.6. The molecule has 4 atom stereocenters. The summed E-state index contributed by atoms with van der Waals surface area (Å²) < 4.78 is 22.8. The van der Waals surface area contributed by atoms with Gasteiger partial charge in [-0.25, -0.2) is 5.73 Å². The molecule has 78 heavy (non-hydrogen) atoms. The van der Waals surface area contributed by atoms with E-state index in [1.807, 2.05) is 0 Å². The van der Waals surface area contributed by atoms with E-state index in [0.717, 1.165) is 9.80 Å². The highest BCUT2D eigenvalue weighted by Gasteiger charge is 2.28. The molecule has 0 spiro atoms. The summed E-state index contributed by atoms with van der Waals surface area (Å²) in [6.45, 7) is -5.80. The molecule has 0 aliphatic carbocycles. The summed E-state index contributed by atoms with van der Waals surface area (Å²) in [4.78, 5) is 186. The molecule has 0 heterocycles. The zero-order valence-corrected chi connectivity index (χ0v) is 44.4. The van der Waals surface area contributed by atoms with Crippen LogP contribution < -0.4 is 88.3 Å². The second-order valence-electron chi connectivity index (χ2n) is 17.1. The van der Waals surface area contributed by atoms with E-state index in [0.29, 0.717) is 9.80 Å². The summed E-state index contributed by atoms with van der Waals surface area (Å²) in [6.07, 6.45) is -5.11. The lowest BCUT2D eigenvalue weighted by molar-refractivity contribution is -0.319. The first-order valence-corrected chi connectivity index (χ1v) is 27.1. The fourth-order valence-electron chi connectivity index (χ4n) is 7.11. The fourth-order valence-corrected chi connectivity index (χ4v) is 8.57. The lowest BCUT2D eigenvalue weighted by atomic mass is 10.1. The Morgan fingerprint density at radius 1 is 0.500 bits per heavy atom. The van der Waals surface area contributed by atoms with E-state index in [1.54, 1.807) is 13.8 Å². The van der Waals surface area contributed by atoms with Gasteiger partial charge < -0.3 is 120 Å². The number of amides is 5. The zero-order chi connectivity index (χ0) is 59.9. The van der Waals surface area contributed by atoms with Crippen LogP contribution in [0.4, 0.5) is 0 Å². The number of nitrogens with two attached hydrogens (primary N) is 1. The van der Waals surface area contributed by atoms with Gasteiger partial charge in [-0.15, -0.1) is 0 Å². The number of carboxylic acids is 6. The first kappa shape index (κ1) is 72.2. The van der Waals surface area contributed by atoms with Gasteiger partial charge in [0, 0.05) is 130 Å². The summed E-state index contributed by atoms with van der Waals surface area (Å²) in [5, 5.41) is 80.6. The van der Waals surface area contributed by atoms with Gasteiger partial charge in [-0.3, -0.25) is 53.4 Å². The third-order valence-electron chi connectivity index (χ3n) is 11.0. The van der Waals surface area contributed by atoms with E-state index in [-0.39, 0.29) is 39.3 Å². The normalized spacial score (nSPS) is 13.5. The minimum absolute atomic E-state index is 0.103. The average molecular weight is 1160 g/mol. The molecule has 0 aromatic carbocycles. The van der Waals surface area contributed by atoms with Crippen LogP contribution in [0.5, 0.6) is 0 Å². The average Bonchev–Trinajstić information content (AvgIpc) is 3.30. The molecule has 0 aromatic heterocycles. The van der Waals surface area contributed by atoms with Crippen molar-refractivity contribution in [2.45, 2.75) is 57.3 Å². The highest BCUT2D eigenvalue weighted by Crippen LogP contribution is 2.25. The quantitative estimate of drug-likeness (QED) is 0.0244. The minimum Gasteiger partial charge on any atom is -0.810 e. The molecular weight excluding hydrogens is 1090 g/mol. The van der Waals surface area contributed by atoms with E-state index >= 15 is 0 Å². The predicted octanol–water partition coefficient (Wildman–Crippen LogP) is -18.5. The Morgan fingerprint density at radius 3 is 1.19 bits per heavy atom. The van der Waals surface area contributed by atoms with Crippen molar-refractivity contribution in [1.82, 2.24) is 61.7 Å². The van der Waals surface area contributed by atoms with Crippen molar-refractivity contribution in [2.75, 3.05) is 131 Å². The van der Waals surface area contributed by atoms with Crippen LogP contribution in [0.25, 0.3) is 0 Å². The van der Waals surface area contributed by atoms with Crippen molar-refractivity contribution in [3.63, 3.8) is 0 Å². The Kier molecular flexibility index (Phi) is 34.3. The van der Waals surface area contributed by atoms with Gasteiger partial charge in [0.15, 0.2) is 0 Å². The molecule has 0 saturated carbocycles. The van der Waals surface area contributed by atoms with E-state index in [2.05, 4.69) is 26.6 Å². The number of nitrogens with zero attached hydrogens (tertiary/aromatic N) is 6. The van der Waals surface area contributed by atoms with Crippen LogP contribution in [0, 0.1) is 0 Å². The Hall–Kier alpha value is -5.85. The van der Waals surface area contributed by atoms with Crippen LogP contribution in [0.2, 0.25) is 0 Å². The number of carbonyl (C=O) groups is 11. The molecule has 0 rings (SSSR count). The second-order valence-corrected chi connectivity index (χ2v) is 20.1. The van der Waals surface area contributed by atoms with Gasteiger partial charge in [0.25, 0.3) is 0 Å². The monoisotopic (exact) mass is 1160 g/mol. The Labute approximate surface area is 447 Å². The van der Waals surface area contributed by atoms with Crippen molar-refractivity contribution in [1.29, 1.82) is 0 Å². The molecule has 0 aromatic rings. The first-order chi connectivity index (χ1) is 36.2. The third kappa shape index (κ3) is 34.1. The molecule has 8 N–H and O–H groups in total. The standard InChI is InChI=1S/C40H74N13O23P2/c1-3-48(19-33(57)58)7-11-52(13-9-50(21-35(61)62)24-77(71,72)73)28(39(67)68)15-31(55)44-17-26(42)37(65)43-6-5-30(54)47-27(38(66)46-23-41)18-45-32(56)16-29(40(69)70)53(12-8-49(4-2)20-34(59)60)14-10-51(22-36(63)64)25-78(74,75)76/h26-29,42H,3-25,41H2,1-2H3,(H,43,65)(H,44,55)(H,45,56)(H,46,66)(H,47,54)(H,57,58)(H,59,60)(H,61,62)(H,63,64)(H,67,68)(H,69,70)(H2,71,72,73)(H2,74,75,76)/p-10. The maximum Gasteiger partial charge on any atom is 0.245 e. The maximum atomic E-state index is 13.2. The summed E-state index contributed by atoms with van der Waals surface area (Å²) in [5.41, 5.74) is 13.5. The van der Waals surface area contributed by atoms with Crippen LogP contribution in [0.1, 0.15) is 33.1 Å². The van der Waals surface area contributed by atoms with Crippen LogP contribution >= 0.6 is 15.2 Å². The zero-order valence-electron chi connectivity index (χ0n) is 42.6. The van der Waals surface area contributed by atoms with Crippen molar-refractivity contribution in [2.24, 2.45) is 5.73 Å². The van der Waals surface area contributed by atoms with Crippen LogP contribution in [-0.2, 0) is 61.9 Å². The molecule has 1 radical (unpaired) electrons. The lowest BCUT2D eigenvalue weighted by Gasteiger charge is -2.39. The molecule has 5 amide bonds. The SMILES string of the molecule is CCN(CCN(CCN(CC(=O)[O-])CP(=O)([O-])[O-])C(CC(=O)NCC([NH])C(=O)NCCC(=O)NC(CNC(=O)CC(C(=O)[O-])N(CCN(CC)CC(=O)[O-])CCN(CC(=O)[O-])CP(=O)([O-])[O-])C(=O)NCN)C(=O)[O-])CC(=O)[O-]. The lowest BCUT2D eigenvalue weighted by Crippen LogP contribution is -2.56. The van der Waals surface area contributed by atoms with Crippen molar-refractivity contribution in [3.05, 3.63) is 0 Å². The number of carbonyl (C=O) groups excluding carboxylic acids is 11. The van der Waals surface area contributed by atoms with Crippen LogP contribution in [0.15, 0.2) is 0 Å². The van der Waals surface area contributed by atoms with Gasteiger partial charge in [0.1, 0.15) is 12.1 Å². The number of likely N-dealkylation sites (N-methyl/N-ethyl adjacent to an activating group) is 2. The topological polar surface area (TPSA) is 582 Å². The molecule has 0 aliphatic rings. The van der Waals surface area contributed by atoms with E-state index in [9.17, 15) is 112 Å². The summed E-state index contributed by atoms with van der Waals surface area (Å²) in [6, 6.07) is -7.17. The second kappa shape index (κ2) is 37.1. The Bertz CT molecular complexity index is 2120. The van der Waals surface area contributed by atoms with Crippen LogP contribution in [-0.4, -0.2) is 249 Å². The smallest absolute Gasteiger partial charge is 0.245 e. The highest BCUT2D eigenvalue weighted by atomic mass is 31.2. The number of nitrogens with one attached hydrogen (secondary N) is 6. The summed E-state index contributed by atoms with van der Waals surface area (Å²) in [5.74, 6) is -15.5. The number of rotatable bonds is 45. The highest BCUT2D eigenvalue weighted by molar-refractivity contribution is 7.48. The van der Waals surface area contributed by atoms with Gasteiger partial charge in [0.2, 0.25) is 29.5 Å². The molecular formula is C40H64N13O23P2-10. The summed E-state index contributed by atoms with van der Waals surface area (Å²) >= 11 is 0. The number of aliphatic carboxylic acids is 6. The Balaban J connectivity index is 5.88. The van der Waals surface area contributed by atoms with Crippen molar-refractivity contribution >= 4 is 80.5 Å². The van der Waals surface area contributed by atoms with Gasteiger partial charge in [-0.2, -0.15) is 0 Å². The van der Waals surface area contributed by atoms with Crippen molar-refractivity contribution in [3.8, 4) is 0 Å². The Morgan fingerprint density at radius 2 is 0.859 bits per heavy atom. The molecule has 447 valence electrons. The van der Waals surface area contributed by atoms with Gasteiger partial charge in [0.05, 0.1) is 54.6 Å². The van der Waals surface area contributed by atoms with E-state index in [1.165, 1.54) is 9.80 Å². The van der Waals surface area contributed by atoms with E-state index in [4.69, 9.17) is 11.5 Å². The predicted molar refractivity (Wildman–Crippen MR) is 242 cm³/mol. The largest absolute Gasteiger partial charge is 0.810 e. The maximum absolute atomic E-state index is 13.2.